The summed E-state index contributed by atoms with van der Waals surface area (Å²) in [6.07, 6.45) is 2.74. The average Bonchev–Trinajstić information content (AvgIpc) is 2.69. The van der Waals surface area contributed by atoms with Gasteiger partial charge < -0.3 is 20.6 Å². The molecule has 0 spiro atoms. The Morgan fingerprint density at radius 2 is 1.96 bits per heavy atom. The molecule has 1 aliphatic heterocycles. The van der Waals surface area contributed by atoms with E-state index in [-0.39, 0.29) is 11.6 Å². The Kier molecular flexibility index (Phi) is 7.12. The van der Waals surface area contributed by atoms with Gasteiger partial charge in [0.25, 0.3) is 0 Å². The van der Waals surface area contributed by atoms with Crippen molar-refractivity contribution in [3.05, 3.63) is 59.9 Å². The van der Waals surface area contributed by atoms with E-state index < -0.39 is 0 Å². The molecule has 0 atom stereocenters. The van der Waals surface area contributed by atoms with Gasteiger partial charge in [-0.05, 0) is 62.1 Å². The van der Waals surface area contributed by atoms with Crippen molar-refractivity contribution in [1.82, 2.24) is 10.6 Å². The number of phenolic OH excluding ortho intramolecular Hbond substituents is 1. The van der Waals surface area contributed by atoms with Gasteiger partial charge in [0, 0.05) is 37.9 Å². The summed E-state index contributed by atoms with van der Waals surface area (Å²) in [7, 11) is 0. The number of benzene rings is 2. The maximum Gasteiger partial charge on any atom is 0.191 e. The van der Waals surface area contributed by atoms with E-state index >= 15 is 0 Å². The Labute approximate surface area is 166 Å². The molecule has 2 aromatic rings. The van der Waals surface area contributed by atoms with E-state index in [1.165, 1.54) is 6.07 Å². The van der Waals surface area contributed by atoms with E-state index in [0.717, 1.165) is 56.1 Å². The molecule has 1 fully saturated rings. The van der Waals surface area contributed by atoms with Crippen molar-refractivity contribution in [2.75, 3.05) is 31.1 Å². The predicted octanol–water partition coefficient (Wildman–Crippen LogP) is 3.30. The number of guanidine groups is 1. The topological polar surface area (TPSA) is 59.9 Å². The first-order valence-electron chi connectivity index (χ1n) is 9.97. The first-order chi connectivity index (χ1) is 13.6. The van der Waals surface area contributed by atoms with Crippen LogP contribution in [0, 0.1) is 5.82 Å². The van der Waals surface area contributed by atoms with E-state index in [4.69, 9.17) is 0 Å². The van der Waals surface area contributed by atoms with Gasteiger partial charge in [0.05, 0.1) is 0 Å². The fourth-order valence-corrected chi connectivity index (χ4v) is 3.48. The van der Waals surface area contributed by atoms with Crippen LogP contribution in [0.25, 0.3) is 0 Å². The quantitative estimate of drug-likeness (QED) is 0.528. The molecule has 0 saturated carbocycles. The lowest BCUT2D eigenvalue weighted by atomic mass is 10.0. The molecule has 1 saturated heterocycles. The molecule has 28 heavy (non-hydrogen) atoms. The van der Waals surface area contributed by atoms with Crippen LogP contribution < -0.4 is 15.5 Å². The van der Waals surface area contributed by atoms with Crippen LogP contribution >= 0.6 is 0 Å². The first-order valence-corrected chi connectivity index (χ1v) is 9.97. The lowest BCUT2D eigenvalue weighted by Gasteiger charge is -2.34. The average molecular weight is 384 g/mol. The standard InChI is InChI=1S/C22H29FN4O/c1-2-24-22(25-12-9-17-5-3-8-21(28)15-17)26-19-10-13-27(14-11-19)20-7-4-6-18(23)16-20/h3-8,15-16,19,28H,2,9-14H2,1H3,(H2,24,25,26). The van der Waals surface area contributed by atoms with Gasteiger partial charge in [0.15, 0.2) is 5.96 Å². The molecular weight excluding hydrogens is 355 g/mol. The normalized spacial score (nSPS) is 15.5. The second-order valence-electron chi connectivity index (χ2n) is 7.07. The van der Waals surface area contributed by atoms with Gasteiger partial charge in [0.2, 0.25) is 0 Å². The molecule has 0 bridgehead atoms. The largest absolute Gasteiger partial charge is 0.508 e. The highest BCUT2D eigenvalue weighted by molar-refractivity contribution is 5.80. The molecule has 0 unspecified atom stereocenters. The minimum Gasteiger partial charge on any atom is -0.508 e. The Morgan fingerprint density at radius 1 is 1.18 bits per heavy atom. The summed E-state index contributed by atoms with van der Waals surface area (Å²) in [5, 5.41) is 16.4. The van der Waals surface area contributed by atoms with E-state index in [2.05, 4.69) is 27.4 Å². The molecule has 0 aromatic heterocycles. The maximum absolute atomic E-state index is 13.4. The van der Waals surface area contributed by atoms with Crippen molar-refractivity contribution in [3.8, 4) is 5.75 Å². The van der Waals surface area contributed by atoms with Crippen molar-refractivity contribution in [2.45, 2.75) is 32.2 Å². The summed E-state index contributed by atoms with van der Waals surface area (Å²) in [5.41, 5.74) is 2.02. The van der Waals surface area contributed by atoms with Gasteiger partial charge in [-0.15, -0.1) is 0 Å². The molecule has 0 aliphatic carbocycles. The van der Waals surface area contributed by atoms with E-state index in [1.807, 2.05) is 18.2 Å². The van der Waals surface area contributed by atoms with Crippen LogP contribution in [0.2, 0.25) is 0 Å². The Balaban J connectivity index is 1.50. The summed E-state index contributed by atoms with van der Waals surface area (Å²) in [4.78, 5) is 6.90. The van der Waals surface area contributed by atoms with Crippen LogP contribution in [-0.2, 0) is 6.42 Å². The number of hydrogen-bond acceptors (Lipinski definition) is 3. The number of aromatic hydroxyl groups is 1. The molecule has 150 valence electrons. The third-order valence-electron chi connectivity index (χ3n) is 4.93. The molecule has 6 heteroatoms. The third kappa shape index (κ3) is 5.87. The van der Waals surface area contributed by atoms with Gasteiger partial charge in [-0.3, -0.25) is 4.99 Å². The van der Waals surface area contributed by atoms with Crippen molar-refractivity contribution in [3.63, 3.8) is 0 Å². The molecular formula is C22H29FN4O. The molecule has 2 aromatic carbocycles. The number of rotatable bonds is 6. The monoisotopic (exact) mass is 384 g/mol. The molecule has 0 radical (unpaired) electrons. The number of phenols is 1. The zero-order valence-electron chi connectivity index (χ0n) is 16.4. The second-order valence-corrected chi connectivity index (χ2v) is 7.07. The van der Waals surface area contributed by atoms with Crippen molar-refractivity contribution < 1.29 is 9.50 Å². The molecule has 0 amide bonds. The fourth-order valence-electron chi connectivity index (χ4n) is 3.48. The van der Waals surface area contributed by atoms with E-state index in [1.54, 1.807) is 24.3 Å². The van der Waals surface area contributed by atoms with Crippen molar-refractivity contribution in [2.24, 2.45) is 4.99 Å². The SMILES string of the molecule is CCNC(=NCCc1cccc(O)c1)NC1CCN(c2cccc(F)c2)CC1. The molecule has 5 nitrogen and oxygen atoms in total. The Morgan fingerprint density at radius 3 is 2.68 bits per heavy atom. The van der Waals surface area contributed by atoms with Crippen LogP contribution in [0.15, 0.2) is 53.5 Å². The van der Waals surface area contributed by atoms with Crippen molar-refractivity contribution >= 4 is 11.6 Å². The van der Waals surface area contributed by atoms with Gasteiger partial charge in [-0.25, -0.2) is 4.39 Å². The summed E-state index contributed by atoms with van der Waals surface area (Å²) in [6, 6.07) is 14.5. The Hall–Kier alpha value is -2.76. The van der Waals surface area contributed by atoms with Gasteiger partial charge in [-0.1, -0.05) is 18.2 Å². The number of nitrogens with zero attached hydrogens (tertiary/aromatic N) is 2. The zero-order chi connectivity index (χ0) is 19.8. The predicted molar refractivity (Wildman–Crippen MR) is 113 cm³/mol. The number of anilines is 1. The summed E-state index contributed by atoms with van der Waals surface area (Å²) >= 11 is 0. The first kappa shape index (κ1) is 20.0. The van der Waals surface area contributed by atoms with Crippen LogP contribution in [0.1, 0.15) is 25.3 Å². The number of piperidine rings is 1. The van der Waals surface area contributed by atoms with Crippen LogP contribution in [0.3, 0.4) is 0 Å². The van der Waals surface area contributed by atoms with Crippen LogP contribution in [0.5, 0.6) is 5.75 Å². The smallest absolute Gasteiger partial charge is 0.191 e. The van der Waals surface area contributed by atoms with Crippen LogP contribution in [-0.4, -0.2) is 43.3 Å². The Bertz CT molecular complexity index is 788. The second kappa shape index (κ2) is 9.97. The summed E-state index contributed by atoms with van der Waals surface area (Å²) < 4.78 is 13.4. The number of aliphatic imine (C=N–C) groups is 1. The van der Waals surface area contributed by atoms with E-state index in [0.29, 0.717) is 12.6 Å². The number of halogens is 1. The summed E-state index contributed by atoms with van der Waals surface area (Å²) in [6.45, 7) is 5.30. The van der Waals surface area contributed by atoms with Gasteiger partial charge in [0.1, 0.15) is 11.6 Å². The fraction of sp³-hybridized carbons (Fsp3) is 0.409. The molecule has 1 aliphatic rings. The minimum absolute atomic E-state index is 0.189. The van der Waals surface area contributed by atoms with Gasteiger partial charge >= 0.3 is 0 Å². The van der Waals surface area contributed by atoms with E-state index in [9.17, 15) is 9.50 Å². The highest BCUT2D eigenvalue weighted by Gasteiger charge is 2.20. The lowest BCUT2D eigenvalue weighted by molar-refractivity contribution is 0.461. The number of hydrogen-bond donors (Lipinski definition) is 3. The van der Waals surface area contributed by atoms with Crippen molar-refractivity contribution in [1.29, 1.82) is 0 Å². The summed E-state index contributed by atoms with van der Waals surface area (Å²) in [5.74, 6) is 0.925. The molecule has 3 N–H and O–H groups in total. The lowest BCUT2D eigenvalue weighted by Crippen LogP contribution is -2.48. The minimum atomic E-state index is -0.189. The maximum atomic E-state index is 13.4. The van der Waals surface area contributed by atoms with Crippen LogP contribution in [0.4, 0.5) is 10.1 Å². The highest BCUT2D eigenvalue weighted by Crippen LogP contribution is 2.20. The number of nitrogens with one attached hydrogen (secondary N) is 2. The molecule has 3 rings (SSSR count). The zero-order valence-corrected chi connectivity index (χ0v) is 16.4. The third-order valence-corrected chi connectivity index (χ3v) is 4.93. The molecule has 1 heterocycles. The highest BCUT2D eigenvalue weighted by atomic mass is 19.1. The van der Waals surface area contributed by atoms with Gasteiger partial charge in [-0.2, -0.15) is 0 Å².